The summed E-state index contributed by atoms with van der Waals surface area (Å²) in [4.78, 5) is 0. The van der Waals surface area contributed by atoms with Crippen LogP contribution < -0.4 is 0 Å². The van der Waals surface area contributed by atoms with Crippen molar-refractivity contribution in [1.82, 2.24) is 0 Å². The molecule has 0 saturated carbocycles. The monoisotopic (exact) mass is 376 g/mol. The first kappa shape index (κ1) is 20.3. The van der Waals surface area contributed by atoms with Crippen LogP contribution in [0.2, 0.25) is 0 Å². The van der Waals surface area contributed by atoms with Crippen molar-refractivity contribution in [1.29, 1.82) is 0 Å². The summed E-state index contributed by atoms with van der Waals surface area (Å²) in [6.45, 7) is 6.69. The highest BCUT2D eigenvalue weighted by Gasteiger charge is 2.24. The fourth-order valence-corrected chi connectivity index (χ4v) is 4.01. The van der Waals surface area contributed by atoms with Crippen molar-refractivity contribution in [3.05, 3.63) is 71.3 Å². The van der Waals surface area contributed by atoms with Gasteiger partial charge in [-0.3, -0.25) is 0 Å². The molecule has 0 aliphatic heterocycles. The molecule has 2 aromatic rings. The Kier molecular flexibility index (Phi) is 6.28. The molecule has 2 heteroatoms. The molecule has 0 fully saturated rings. The van der Waals surface area contributed by atoms with Crippen LogP contribution in [-0.4, -0.2) is 10.2 Å². The highest BCUT2D eigenvalue weighted by Crippen LogP contribution is 2.39. The van der Waals surface area contributed by atoms with Gasteiger partial charge in [0, 0.05) is 5.56 Å². The van der Waals surface area contributed by atoms with Gasteiger partial charge in [-0.1, -0.05) is 70.4 Å². The van der Waals surface area contributed by atoms with E-state index >= 15 is 0 Å². The van der Waals surface area contributed by atoms with E-state index in [9.17, 15) is 10.2 Å². The Hall–Kier alpha value is -2.48. The molecule has 1 aliphatic carbocycles. The molecular weight excluding hydrogens is 344 g/mol. The van der Waals surface area contributed by atoms with Gasteiger partial charge in [-0.05, 0) is 71.2 Å². The Bertz CT molecular complexity index is 870. The molecule has 0 heterocycles. The minimum absolute atomic E-state index is 0.0302. The Morgan fingerprint density at radius 3 is 2.04 bits per heavy atom. The van der Waals surface area contributed by atoms with Gasteiger partial charge in [0.05, 0.1) is 0 Å². The van der Waals surface area contributed by atoms with Gasteiger partial charge >= 0.3 is 0 Å². The van der Waals surface area contributed by atoms with Gasteiger partial charge in [0.2, 0.25) is 0 Å². The predicted molar refractivity (Wildman–Crippen MR) is 119 cm³/mol. The van der Waals surface area contributed by atoms with E-state index in [1.165, 1.54) is 36.0 Å². The first-order chi connectivity index (χ1) is 13.4. The summed E-state index contributed by atoms with van der Waals surface area (Å²) in [6, 6.07) is 13.5. The molecule has 0 radical (unpaired) electrons. The molecule has 2 aromatic carbocycles. The van der Waals surface area contributed by atoms with E-state index < -0.39 is 0 Å². The molecule has 0 saturated heterocycles. The third kappa shape index (κ3) is 4.67. The first-order valence-corrected chi connectivity index (χ1v) is 10.4. The van der Waals surface area contributed by atoms with Crippen LogP contribution in [0.3, 0.4) is 0 Å². The van der Waals surface area contributed by atoms with Crippen LogP contribution in [0.25, 0.3) is 11.1 Å². The smallest absolute Gasteiger partial charge is 0.119 e. The number of aromatic hydroxyl groups is 2. The molecule has 1 aliphatic rings. The standard InChI is InChI=1S/C26H32O2/c1-4-5-6-17-26(2,3)24-18-22(13-16-25(24)28)21-9-7-19(8-10-21)20-11-14-23(27)15-12-20/h7,10-16,18,27-28H,4-6,8-9,17H2,1-3H3. The zero-order valence-corrected chi connectivity index (χ0v) is 17.3. The van der Waals surface area contributed by atoms with Gasteiger partial charge in [-0.25, -0.2) is 0 Å². The first-order valence-electron chi connectivity index (χ1n) is 10.4. The minimum atomic E-state index is -0.0302. The van der Waals surface area contributed by atoms with Crippen LogP contribution in [0, 0.1) is 0 Å². The van der Waals surface area contributed by atoms with E-state index in [1.54, 1.807) is 12.1 Å². The summed E-state index contributed by atoms with van der Waals surface area (Å²) in [5.41, 5.74) is 6.00. The quantitative estimate of drug-likeness (QED) is 0.501. The second-order valence-electron chi connectivity index (χ2n) is 8.49. The molecule has 0 amide bonds. The van der Waals surface area contributed by atoms with Gasteiger partial charge in [-0.2, -0.15) is 0 Å². The van der Waals surface area contributed by atoms with Crippen molar-refractivity contribution in [3.63, 3.8) is 0 Å². The number of phenols is 2. The third-order valence-corrected chi connectivity index (χ3v) is 5.88. The fraction of sp³-hybridized carbons (Fsp3) is 0.385. The van der Waals surface area contributed by atoms with Crippen molar-refractivity contribution >= 4 is 11.1 Å². The van der Waals surface area contributed by atoms with Crippen LogP contribution in [-0.2, 0) is 5.41 Å². The maximum Gasteiger partial charge on any atom is 0.119 e. The summed E-state index contributed by atoms with van der Waals surface area (Å²) in [5.74, 6) is 0.705. The van der Waals surface area contributed by atoms with Crippen molar-refractivity contribution in [2.75, 3.05) is 0 Å². The maximum atomic E-state index is 10.5. The zero-order valence-electron chi connectivity index (χ0n) is 17.3. The number of phenolic OH excluding ortho intramolecular Hbond substituents is 2. The van der Waals surface area contributed by atoms with E-state index in [0.717, 1.165) is 30.4 Å². The summed E-state index contributed by atoms with van der Waals surface area (Å²) in [6.07, 6.45) is 11.1. The summed E-state index contributed by atoms with van der Waals surface area (Å²) in [5, 5.41) is 20.0. The molecular formula is C26H32O2. The molecule has 0 aromatic heterocycles. The molecule has 0 bridgehead atoms. The number of hydrogen-bond donors (Lipinski definition) is 2. The van der Waals surface area contributed by atoms with Gasteiger partial charge in [0.25, 0.3) is 0 Å². The van der Waals surface area contributed by atoms with Gasteiger partial charge in [-0.15, -0.1) is 0 Å². The molecule has 2 nitrogen and oxygen atoms in total. The fourth-order valence-electron chi connectivity index (χ4n) is 4.01. The maximum absolute atomic E-state index is 10.5. The molecule has 0 atom stereocenters. The van der Waals surface area contributed by atoms with Crippen molar-refractivity contribution in [2.24, 2.45) is 0 Å². The van der Waals surface area contributed by atoms with Gasteiger partial charge in [0.15, 0.2) is 0 Å². The lowest BCUT2D eigenvalue weighted by Gasteiger charge is -2.27. The lowest BCUT2D eigenvalue weighted by Crippen LogP contribution is -2.17. The molecule has 3 rings (SSSR count). The highest BCUT2D eigenvalue weighted by atomic mass is 16.3. The normalized spacial score (nSPS) is 14.5. The van der Waals surface area contributed by atoms with Gasteiger partial charge in [0.1, 0.15) is 11.5 Å². The lowest BCUT2D eigenvalue weighted by atomic mass is 9.78. The molecule has 148 valence electrons. The minimum Gasteiger partial charge on any atom is -0.508 e. The lowest BCUT2D eigenvalue weighted by molar-refractivity contribution is 0.408. The Labute approximate surface area is 169 Å². The van der Waals surface area contributed by atoms with E-state index in [0.29, 0.717) is 11.5 Å². The molecule has 2 N–H and O–H groups in total. The van der Waals surface area contributed by atoms with Crippen LogP contribution in [0.15, 0.2) is 54.6 Å². The van der Waals surface area contributed by atoms with Crippen LogP contribution in [0.1, 0.15) is 76.0 Å². The number of hydrogen-bond acceptors (Lipinski definition) is 2. The van der Waals surface area contributed by atoms with Crippen LogP contribution >= 0.6 is 0 Å². The summed E-state index contributed by atoms with van der Waals surface area (Å²) in [7, 11) is 0. The summed E-state index contributed by atoms with van der Waals surface area (Å²) >= 11 is 0. The zero-order chi connectivity index (χ0) is 20.1. The summed E-state index contributed by atoms with van der Waals surface area (Å²) < 4.78 is 0. The van der Waals surface area contributed by atoms with Crippen LogP contribution in [0.4, 0.5) is 0 Å². The van der Waals surface area contributed by atoms with Crippen molar-refractivity contribution < 1.29 is 10.2 Å². The van der Waals surface area contributed by atoms with Crippen molar-refractivity contribution in [2.45, 2.75) is 64.7 Å². The Morgan fingerprint density at radius 1 is 0.821 bits per heavy atom. The van der Waals surface area contributed by atoms with E-state index in [-0.39, 0.29) is 5.41 Å². The van der Waals surface area contributed by atoms with E-state index in [2.05, 4.69) is 39.0 Å². The molecule has 28 heavy (non-hydrogen) atoms. The van der Waals surface area contributed by atoms with E-state index in [4.69, 9.17) is 0 Å². The molecule has 0 unspecified atom stereocenters. The largest absolute Gasteiger partial charge is 0.508 e. The Morgan fingerprint density at radius 2 is 1.43 bits per heavy atom. The van der Waals surface area contributed by atoms with E-state index in [1.807, 2.05) is 24.3 Å². The third-order valence-electron chi connectivity index (χ3n) is 5.88. The predicted octanol–water partition coefficient (Wildman–Crippen LogP) is 7.22. The van der Waals surface area contributed by atoms with Crippen molar-refractivity contribution in [3.8, 4) is 11.5 Å². The van der Waals surface area contributed by atoms with Gasteiger partial charge < -0.3 is 10.2 Å². The Balaban J connectivity index is 1.77. The number of rotatable bonds is 7. The van der Waals surface area contributed by atoms with Crippen LogP contribution in [0.5, 0.6) is 11.5 Å². The second-order valence-corrected chi connectivity index (χ2v) is 8.49. The highest BCUT2D eigenvalue weighted by molar-refractivity contribution is 5.78. The second kappa shape index (κ2) is 8.68. The topological polar surface area (TPSA) is 40.5 Å². The number of benzene rings is 2. The number of unbranched alkanes of at least 4 members (excludes halogenated alkanes) is 2. The SMILES string of the molecule is CCCCCC(C)(C)c1cc(C2=CCC(c3ccc(O)cc3)=CC2)ccc1O. The average Bonchev–Trinajstić information content (AvgIpc) is 2.69. The number of allylic oxidation sites excluding steroid dienone is 4. The average molecular weight is 377 g/mol. The molecule has 0 spiro atoms.